The molecule has 0 aliphatic carbocycles. The topological polar surface area (TPSA) is 123 Å². The van der Waals surface area contributed by atoms with Crippen LogP contribution in [0, 0.1) is 10.1 Å². The van der Waals surface area contributed by atoms with Crippen molar-refractivity contribution in [3.8, 4) is 11.5 Å². The quantitative estimate of drug-likeness (QED) is 0.385. The third-order valence-electron chi connectivity index (χ3n) is 4.47. The normalized spacial score (nSPS) is 13.6. The lowest BCUT2D eigenvalue weighted by Gasteiger charge is -2.18. The number of nitro benzene ring substituents is 1. The van der Waals surface area contributed by atoms with Gasteiger partial charge in [0.05, 0.1) is 16.0 Å². The Morgan fingerprint density at radius 2 is 1.83 bits per heavy atom. The average Bonchev–Trinajstić information content (AvgIpc) is 2.74. The lowest BCUT2D eigenvalue weighted by Crippen LogP contribution is -2.30. The first-order valence-corrected chi connectivity index (χ1v) is 10.8. The molecule has 0 amide bonds. The summed E-state index contributed by atoms with van der Waals surface area (Å²) in [6.07, 6.45) is 1.47. The van der Waals surface area contributed by atoms with Gasteiger partial charge in [0.15, 0.2) is 11.5 Å². The van der Waals surface area contributed by atoms with Gasteiger partial charge >= 0.3 is 0 Å². The van der Waals surface area contributed by atoms with Crippen molar-refractivity contribution in [3.05, 3.63) is 52.1 Å². The van der Waals surface area contributed by atoms with Crippen LogP contribution in [0.15, 0.2) is 46.4 Å². The minimum Gasteiger partial charge on any atom is -0.486 e. The van der Waals surface area contributed by atoms with Gasteiger partial charge in [-0.2, -0.15) is 9.41 Å². The van der Waals surface area contributed by atoms with Crippen molar-refractivity contribution in [2.45, 2.75) is 18.7 Å². The number of hydrogen-bond donors (Lipinski definition) is 1. The molecule has 1 heterocycles. The highest BCUT2D eigenvalue weighted by molar-refractivity contribution is 7.89. The molecule has 160 valence electrons. The van der Waals surface area contributed by atoms with Crippen molar-refractivity contribution in [3.63, 3.8) is 0 Å². The van der Waals surface area contributed by atoms with E-state index in [0.29, 0.717) is 30.3 Å². The number of sulfonamides is 1. The molecule has 10 nitrogen and oxygen atoms in total. The number of benzene rings is 2. The first kappa shape index (κ1) is 21.5. The molecule has 0 unspecified atom stereocenters. The van der Waals surface area contributed by atoms with Crippen LogP contribution in [0.3, 0.4) is 0 Å². The van der Waals surface area contributed by atoms with Gasteiger partial charge in [-0.3, -0.25) is 15.5 Å². The fraction of sp³-hybridized carbons (Fsp3) is 0.316. The molecular weight excluding hydrogens is 412 g/mol. The van der Waals surface area contributed by atoms with Gasteiger partial charge in [0.25, 0.3) is 5.69 Å². The molecular formula is C19H22N4O6S. The average molecular weight is 434 g/mol. The van der Waals surface area contributed by atoms with E-state index in [9.17, 15) is 18.5 Å². The predicted octanol–water partition coefficient (Wildman–Crippen LogP) is 2.84. The Bertz CT molecular complexity index is 1070. The Morgan fingerprint density at radius 3 is 2.50 bits per heavy atom. The number of ether oxygens (including phenoxy) is 2. The Balaban J connectivity index is 1.82. The summed E-state index contributed by atoms with van der Waals surface area (Å²) in [5.74, 6) is 1.24. The number of rotatable bonds is 8. The molecule has 0 saturated carbocycles. The summed E-state index contributed by atoms with van der Waals surface area (Å²) < 4.78 is 37.4. The summed E-state index contributed by atoms with van der Waals surface area (Å²) in [5.41, 5.74) is 3.00. The van der Waals surface area contributed by atoms with E-state index in [1.807, 2.05) is 0 Å². The van der Waals surface area contributed by atoms with Crippen LogP contribution in [-0.4, -0.2) is 50.2 Å². The molecule has 30 heavy (non-hydrogen) atoms. The van der Waals surface area contributed by atoms with Gasteiger partial charge in [0.2, 0.25) is 10.0 Å². The van der Waals surface area contributed by atoms with Crippen molar-refractivity contribution in [2.24, 2.45) is 5.10 Å². The lowest BCUT2D eigenvalue weighted by atomic mass is 10.2. The Hall–Kier alpha value is -3.18. The zero-order chi connectivity index (χ0) is 21.7. The third kappa shape index (κ3) is 4.52. The summed E-state index contributed by atoms with van der Waals surface area (Å²) in [7, 11) is -3.81. The van der Waals surface area contributed by atoms with Crippen molar-refractivity contribution < 1.29 is 22.8 Å². The van der Waals surface area contributed by atoms with E-state index >= 15 is 0 Å². The molecule has 0 radical (unpaired) electrons. The van der Waals surface area contributed by atoms with E-state index < -0.39 is 14.9 Å². The Morgan fingerprint density at radius 1 is 1.13 bits per heavy atom. The fourth-order valence-corrected chi connectivity index (χ4v) is 4.43. The molecule has 2 aromatic carbocycles. The van der Waals surface area contributed by atoms with E-state index in [4.69, 9.17) is 9.47 Å². The molecule has 0 bridgehead atoms. The maximum Gasteiger partial charge on any atom is 0.295 e. The van der Waals surface area contributed by atoms with Crippen LogP contribution in [-0.2, 0) is 10.0 Å². The molecule has 11 heteroatoms. The SMILES string of the molecule is CCN(CC)S(=O)(=O)c1ccc(N/N=C/c2ccc3c(c2)OCCO3)c([N+](=O)[O-])c1. The monoisotopic (exact) mass is 434 g/mol. The van der Waals surface area contributed by atoms with Crippen molar-refractivity contribution in [1.82, 2.24) is 4.31 Å². The van der Waals surface area contributed by atoms with E-state index in [0.717, 1.165) is 6.07 Å². The molecule has 3 rings (SSSR count). The number of hydrogen-bond acceptors (Lipinski definition) is 8. The second-order valence-corrected chi connectivity index (χ2v) is 8.24. The number of nitrogens with one attached hydrogen (secondary N) is 1. The van der Waals surface area contributed by atoms with Crippen LogP contribution in [0.4, 0.5) is 11.4 Å². The smallest absolute Gasteiger partial charge is 0.295 e. The molecule has 1 aliphatic heterocycles. The number of nitrogens with zero attached hydrogens (tertiary/aromatic N) is 3. The fourth-order valence-electron chi connectivity index (χ4n) is 2.95. The lowest BCUT2D eigenvalue weighted by molar-refractivity contribution is -0.384. The molecule has 1 N–H and O–H groups in total. The third-order valence-corrected chi connectivity index (χ3v) is 6.52. The summed E-state index contributed by atoms with van der Waals surface area (Å²) in [5, 5.41) is 15.5. The number of anilines is 1. The Kier molecular flexibility index (Phi) is 6.53. The van der Waals surface area contributed by atoms with Gasteiger partial charge in [-0.1, -0.05) is 13.8 Å². The molecule has 0 fully saturated rings. The van der Waals surface area contributed by atoms with E-state index in [1.165, 1.54) is 22.7 Å². The minimum absolute atomic E-state index is 0.0762. The van der Waals surface area contributed by atoms with Crippen molar-refractivity contribution >= 4 is 27.6 Å². The van der Waals surface area contributed by atoms with Crippen LogP contribution in [0.2, 0.25) is 0 Å². The van der Waals surface area contributed by atoms with Crippen molar-refractivity contribution in [1.29, 1.82) is 0 Å². The molecule has 0 spiro atoms. The predicted molar refractivity (Wildman–Crippen MR) is 112 cm³/mol. The van der Waals surface area contributed by atoms with Gasteiger partial charge in [-0.15, -0.1) is 0 Å². The van der Waals surface area contributed by atoms with Crippen LogP contribution >= 0.6 is 0 Å². The maximum atomic E-state index is 12.6. The molecule has 2 aromatic rings. The summed E-state index contributed by atoms with van der Waals surface area (Å²) in [4.78, 5) is 10.7. The number of fused-ring (bicyclic) bond motifs is 1. The number of hydrazone groups is 1. The molecule has 0 atom stereocenters. The zero-order valence-electron chi connectivity index (χ0n) is 16.6. The van der Waals surface area contributed by atoms with Crippen molar-refractivity contribution in [2.75, 3.05) is 31.7 Å². The highest BCUT2D eigenvalue weighted by Gasteiger charge is 2.25. The van der Waals surface area contributed by atoms with Gasteiger partial charge in [0.1, 0.15) is 18.9 Å². The summed E-state index contributed by atoms with van der Waals surface area (Å²) in [6, 6.07) is 8.96. The Labute approximate surface area is 174 Å². The van der Waals surface area contributed by atoms with Crippen LogP contribution in [0.25, 0.3) is 0 Å². The first-order valence-electron chi connectivity index (χ1n) is 9.34. The van der Waals surface area contributed by atoms with E-state index in [-0.39, 0.29) is 29.4 Å². The molecule has 1 aliphatic rings. The second kappa shape index (κ2) is 9.09. The highest BCUT2D eigenvalue weighted by atomic mass is 32.2. The van der Waals surface area contributed by atoms with Crippen LogP contribution < -0.4 is 14.9 Å². The number of nitro groups is 1. The minimum atomic E-state index is -3.81. The molecule has 0 saturated heterocycles. The van der Waals surface area contributed by atoms with Gasteiger partial charge in [0, 0.05) is 19.2 Å². The van der Waals surface area contributed by atoms with Gasteiger partial charge in [-0.25, -0.2) is 8.42 Å². The highest BCUT2D eigenvalue weighted by Crippen LogP contribution is 2.31. The van der Waals surface area contributed by atoms with Gasteiger partial charge < -0.3 is 9.47 Å². The maximum absolute atomic E-state index is 12.6. The van der Waals surface area contributed by atoms with E-state index in [1.54, 1.807) is 32.0 Å². The van der Waals surface area contributed by atoms with Crippen LogP contribution in [0.1, 0.15) is 19.4 Å². The van der Waals surface area contributed by atoms with Crippen LogP contribution in [0.5, 0.6) is 11.5 Å². The summed E-state index contributed by atoms with van der Waals surface area (Å²) >= 11 is 0. The first-order chi connectivity index (χ1) is 14.4. The molecule has 0 aromatic heterocycles. The zero-order valence-corrected chi connectivity index (χ0v) is 17.4. The van der Waals surface area contributed by atoms with Gasteiger partial charge in [-0.05, 0) is 35.9 Å². The summed E-state index contributed by atoms with van der Waals surface area (Å²) in [6.45, 7) is 4.90. The second-order valence-electron chi connectivity index (χ2n) is 6.30. The standard InChI is InChI=1S/C19H22N4O6S/c1-3-22(4-2)30(26,27)15-6-7-16(17(12-15)23(24)25)21-20-13-14-5-8-18-19(11-14)29-10-9-28-18/h5-8,11-13,21H,3-4,9-10H2,1-2H3/b20-13+. The largest absolute Gasteiger partial charge is 0.486 e. The van der Waals surface area contributed by atoms with E-state index in [2.05, 4.69) is 10.5 Å².